The Bertz CT molecular complexity index is 787. The van der Waals surface area contributed by atoms with E-state index in [-0.39, 0.29) is 24.0 Å². The molecule has 1 saturated carbocycles. The summed E-state index contributed by atoms with van der Waals surface area (Å²) in [6.45, 7) is 0.521. The van der Waals surface area contributed by atoms with Crippen LogP contribution in [0.5, 0.6) is 5.75 Å². The minimum absolute atomic E-state index is 0. The Morgan fingerprint density at radius 3 is 2.69 bits per heavy atom. The molecule has 138 valence electrons. The molecule has 0 bridgehead atoms. The molecule has 0 amide bonds. The molecule has 2 aliphatic rings. The van der Waals surface area contributed by atoms with Crippen LogP contribution in [-0.2, 0) is 19.4 Å². The highest BCUT2D eigenvalue weighted by Gasteiger charge is 2.20. The number of para-hydroxylation sites is 1. The van der Waals surface area contributed by atoms with Crippen LogP contribution in [0.4, 0.5) is 5.69 Å². The molecule has 0 spiro atoms. The van der Waals surface area contributed by atoms with Crippen molar-refractivity contribution in [1.82, 2.24) is 0 Å². The van der Waals surface area contributed by atoms with Gasteiger partial charge in [0.1, 0.15) is 5.75 Å². The predicted octanol–water partition coefficient (Wildman–Crippen LogP) is 4.65. The third-order valence-corrected chi connectivity index (χ3v) is 5.11. The number of nitrogens with zero attached hydrogens (tertiary/aromatic N) is 1. The number of anilines is 1. The van der Waals surface area contributed by atoms with Crippen LogP contribution in [0, 0.1) is 0 Å². The molecule has 4 nitrogen and oxygen atoms in total. The van der Waals surface area contributed by atoms with Crippen molar-refractivity contribution in [2.75, 3.05) is 5.32 Å². The van der Waals surface area contributed by atoms with Crippen molar-refractivity contribution in [1.29, 1.82) is 0 Å². The molecule has 0 saturated heterocycles. The molecule has 4 rings (SSSR count). The molecule has 5 heteroatoms. The van der Waals surface area contributed by atoms with E-state index in [4.69, 9.17) is 10.5 Å². The average Bonchev–Trinajstić information content (AvgIpc) is 3.05. The fourth-order valence-corrected chi connectivity index (χ4v) is 3.42. The summed E-state index contributed by atoms with van der Waals surface area (Å²) in [5.74, 6) is 1.37. The summed E-state index contributed by atoms with van der Waals surface area (Å²) in [5.41, 5.74) is 11.1. The Hall–Kier alpha value is -1.76. The molecule has 1 fully saturated rings. The largest absolute Gasteiger partial charge is 0.490 e. The summed E-state index contributed by atoms with van der Waals surface area (Å²) in [6.07, 6.45) is 7.54. The van der Waals surface area contributed by atoms with Gasteiger partial charge in [0, 0.05) is 11.3 Å². The second-order valence-electron chi connectivity index (χ2n) is 6.94. The quantitative estimate of drug-likeness (QED) is 0.386. The Balaban J connectivity index is 0.00000196. The molecule has 0 atom stereocenters. The fourth-order valence-electron chi connectivity index (χ4n) is 3.42. The molecule has 2 aromatic rings. The van der Waals surface area contributed by atoms with Gasteiger partial charge in [0.15, 0.2) is 5.96 Å². The van der Waals surface area contributed by atoms with E-state index in [0.717, 1.165) is 36.3 Å². The van der Waals surface area contributed by atoms with E-state index in [9.17, 15) is 0 Å². The first-order valence-electron chi connectivity index (χ1n) is 9.21. The topological polar surface area (TPSA) is 59.6 Å². The molecule has 26 heavy (non-hydrogen) atoms. The first kappa shape index (κ1) is 19.0. The van der Waals surface area contributed by atoms with Gasteiger partial charge in [0.25, 0.3) is 0 Å². The van der Waals surface area contributed by atoms with E-state index in [1.807, 2.05) is 18.2 Å². The number of nitrogens with one attached hydrogen (secondary N) is 1. The van der Waals surface area contributed by atoms with Crippen molar-refractivity contribution in [2.24, 2.45) is 10.7 Å². The van der Waals surface area contributed by atoms with Crippen LogP contribution in [-0.4, -0.2) is 12.1 Å². The van der Waals surface area contributed by atoms with Crippen LogP contribution >= 0.6 is 24.0 Å². The van der Waals surface area contributed by atoms with Crippen LogP contribution in [0.25, 0.3) is 0 Å². The van der Waals surface area contributed by atoms with Crippen molar-refractivity contribution in [3.8, 4) is 5.75 Å². The summed E-state index contributed by atoms with van der Waals surface area (Å²) in [5, 5.41) is 3.21. The van der Waals surface area contributed by atoms with E-state index in [2.05, 4.69) is 34.6 Å². The number of hydrogen-bond donors (Lipinski definition) is 2. The van der Waals surface area contributed by atoms with Gasteiger partial charge < -0.3 is 15.8 Å². The number of rotatable bonds is 5. The van der Waals surface area contributed by atoms with Gasteiger partial charge in [-0.05, 0) is 67.9 Å². The van der Waals surface area contributed by atoms with Gasteiger partial charge in [0.2, 0.25) is 0 Å². The fraction of sp³-hybridized carbons (Fsp3) is 0.381. The molecule has 0 aliphatic heterocycles. The smallest absolute Gasteiger partial charge is 0.193 e. The number of benzene rings is 2. The Morgan fingerprint density at radius 2 is 1.88 bits per heavy atom. The zero-order valence-corrected chi connectivity index (χ0v) is 17.2. The molecular weight excluding hydrogens is 437 g/mol. The summed E-state index contributed by atoms with van der Waals surface area (Å²) < 4.78 is 6.05. The molecule has 0 heterocycles. The van der Waals surface area contributed by atoms with Crippen LogP contribution < -0.4 is 15.8 Å². The average molecular weight is 463 g/mol. The van der Waals surface area contributed by atoms with Gasteiger partial charge in [0.05, 0.1) is 12.6 Å². The van der Waals surface area contributed by atoms with E-state index in [0.29, 0.717) is 18.6 Å². The monoisotopic (exact) mass is 463 g/mol. The molecule has 2 aliphatic carbocycles. The number of guanidine groups is 1. The molecule has 2 aromatic carbocycles. The molecule has 0 unspecified atom stereocenters. The van der Waals surface area contributed by atoms with Gasteiger partial charge >= 0.3 is 0 Å². The van der Waals surface area contributed by atoms with E-state index in [1.165, 1.54) is 30.4 Å². The Morgan fingerprint density at radius 1 is 1.08 bits per heavy atom. The van der Waals surface area contributed by atoms with E-state index in [1.54, 1.807) is 0 Å². The van der Waals surface area contributed by atoms with Crippen molar-refractivity contribution in [3.63, 3.8) is 0 Å². The van der Waals surface area contributed by atoms with Crippen LogP contribution in [0.3, 0.4) is 0 Å². The maximum Gasteiger partial charge on any atom is 0.193 e. The van der Waals surface area contributed by atoms with Gasteiger partial charge in [-0.2, -0.15) is 0 Å². The van der Waals surface area contributed by atoms with Crippen molar-refractivity contribution in [3.05, 3.63) is 59.2 Å². The third-order valence-electron chi connectivity index (χ3n) is 5.11. The lowest BCUT2D eigenvalue weighted by Crippen LogP contribution is -2.25. The highest BCUT2D eigenvalue weighted by atomic mass is 127. The molecular formula is C21H26IN3O. The first-order chi connectivity index (χ1) is 12.3. The molecule has 3 N–H and O–H groups in total. The lowest BCUT2D eigenvalue weighted by molar-refractivity contribution is 0.119. The normalized spacial score (nSPS) is 16.4. The number of aliphatic imine (C=N–C) groups is 1. The minimum Gasteiger partial charge on any atom is -0.490 e. The molecule has 0 aromatic heterocycles. The second kappa shape index (κ2) is 8.75. The van der Waals surface area contributed by atoms with Crippen LogP contribution in [0.1, 0.15) is 42.4 Å². The summed E-state index contributed by atoms with van der Waals surface area (Å²) >= 11 is 0. The van der Waals surface area contributed by atoms with Crippen molar-refractivity contribution in [2.45, 2.75) is 51.2 Å². The second-order valence-corrected chi connectivity index (χ2v) is 6.94. The maximum absolute atomic E-state index is 6.09. The summed E-state index contributed by atoms with van der Waals surface area (Å²) in [4.78, 5) is 4.50. The number of fused-ring (bicyclic) bond motifs is 1. The van der Waals surface area contributed by atoms with E-state index >= 15 is 0 Å². The third kappa shape index (κ3) is 4.50. The first-order valence-corrected chi connectivity index (χ1v) is 9.21. The van der Waals surface area contributed by atoms with Gasteiger partial charge in [-0.25, -0.2) is 4.99 Å². The highest BCUT2D eigenvalue weighted by molar-refractivity contribution is 14.0. The number of aryl methyl sites for hydroxylation is 2. The standard InChI is InChI=1S/C21H25N3O.HI/c22-21(24-18-12-11-15-6-3-7-16(15)13-18)23-14-17-5-1-2-10-20(17)25-19-8-4-9-19;/h1-2,5,10-13,19H,3-4,6-9,14H2,(H3,22,23,24);1H. The highest BCUT2D eigenvalue weighted by Crippen LogP contribution is 2.28. The molecule has 0 radical (unpaired) electrons. The maximum atomic E-state index is 6.09. The number of hydrogen-bond acceptors (Lipinski definition) is 2. The van der Waals surface area contributed by atoms with E-state index < -0.39 is 0 Å². The van der Waals surface area contributed by atoms with Crippen molar-refractivity contribution >= 4 is 35.6 Å². The van der Waals surface area contributed by atoms with Crippen molar-refractivity contribution < 1.29 is 4.74 Å². The zero-order chi connectivity index (χ0) is 17.1. The van der Waals surface area contributed by atoms with Gasteiger partial charge in [-0.15, -0.1) is 24.0 Å². The zero-order valence-electron chi connectivity index (χ0n) is 14.9. The van der Waals surface area contributed by atoms with Crippen LogP contribution in [0.2, 0.25) is 0 Å². The summed E-state index contributed by atoms with van der Waals surface area (Å²) in [7, 11) is 0. The Labute approximate surface area is 172 Å². The summed E-state index contributed by atoms with van der Waals surface area (Å²) in [6, 6.07) is 14.6. The minimum atomic E-state index is 0. The predicted molar refractivity (Wildman–Crippen MR) is 118 cm³/mol. The van der Waals surface area contributed by atoms with Gasteiger partial charge in [-0.3, -0.25) is 0 Å². The van der Waals surface area contributed by atoms with Gasteiger partial charge in [-0.1, -0.05) is 24.3 Å². The number of nitrogens with two attached hydrogens (primary N) is 1. The number of ether oxygens (including phenoxy) is 1. The lowest BCUT2D eigenvalue weighted by atomic mass is 9.96. The van der Waals surface area contributed by atoms with Crippen LogP contribution in [0.15, 0.2) is 47.5 Å². The Kier molecular flexibility index (Phi) is 6.40. The number of halogens is 1. The lowest BCUT2D eigenvalue weighted by Gasteiger charge is -2.27. The SMILES string of the molecule is I.NC(=NCc1ccccc1OC1CCC1)Nc1ccc2c(c1)CCC2.